The maximum absolute atomic E-state index is 14.2. The van der Waals surface area contributed by atoms with E-state index in [1.165, 1.54) is 0 Å². The van der Waals surface area contributed by atoms with Crippen LogP contribution in [0.25, 0.3) is 10.9 Å². The number of nitrogens with zero attached hydrogens (tertiary/aromatic N) is 1. The highest BCUT2D eigenvalue weighted by atomic mass is 19.1. The van der Waals surface area contributed by atoms with Gasteiger partial charge in [0, 0.05) is 29.2 Å². The first-order chi connectivity index (χ1) is 15.5. The summed E-state index contributed by atoms with van der Waals surface area (Å²) in [6.45, 7) is 0.425. The number of para-hydroxylation sites is 1. The van der Waals surface area contributed by atoms with Crippen LogP contribution in [0.5, 0.6) is 5.75 Å². The minimum atomic E-state index is -0.691. The van der Waals surface area contributed by atoms with Crippen molar-refractivity contribution in [3.63, 3.8) is 0 Å². The van der Waals surface area contributed by atoms with Crippen molar-refractivity contribution >= 4 is 22.6 Å². The van der Waals surface area contributed by atoms with Crippen LogP contribution in [0.1, 0.15) is 22.9 Å². The van der Waals surface area contributed by atoms with Crippen molar-refractivity contribution in [2.75, 3.05) is 19.0 Å². The predicted octanol–water partition coefficient (Wildman–Crippen LogP) is 5.63. The maximum atomic E-state index is 14.2. The third-order valence-corrected chi connectivity index (χ3v) is 5.90. The van der Waals surface area contributed by atoms with Gasteiger partial charge in [-0.05, 0) is 47.9 Å². The van der Waals surface area contributed by atoms with E-state index >= 15 is 0 Å². The van der Waals surface area contributed by atoms with E-state index in [2.05, 4.69) is 16.4 Å². The normalized spacial score (nSPS) is 15.5. The molecule has 1 aromatic heterocycles. The molecule has 1 aliphatic heterocycles. The van der Waals surface area contributed by atoms with E-state index in [1.54, 1.807) is 12.0 Å². The SMILES string of the molecule is COc1ccc([C@H]2c3[nH]c4ccccc4c3CCN2C(=O)Nc2cc(F)ccc2F)cc1. The number of methoxy groups -OCH3 is 1. The number of anilines is 1. The number of hydrogen-bond donors (Lipinski definition) is 2. The van der Waals surface area contributed by atoms with E-state index in [-0.39, 0.29) is 5.69 Å². The first-order valence-corrected chi connectivity index (χ1v) is 10.3. The van der Waals surface area contributed by atoms with Gasteiger partial charge in [-0.1, -0.05) is 30.3 Å². The Balaban J connectivity index is 1.57. The summed E-state index contributed by atoms with van der Waals surface area (Å²) in [7, 11) is 1.60. The van der Waals surface area contributed by atoms with Crippen LogP contribution in [0.3, 0.4) is 0 Å². The molecule has 0 saturated heterocycles. The number of aromatic amines is 1. The average Bonchev–Trinajstić information content (AvgIpc) is 3.19. The number of amides is 2. The molecule has 0 saturated carbocycles. The molecule has 0 spiro atoms. The van der Waals surface area contributed by atoms with Gasteiger partial charge in [-0.15, -0.1) is 0 Å². The van der Waals surface area contributed by atoms with Crippen LogP contribution < -0.4 is 10.1 Å². The van der Waals surface area contributed by atoms with Crippen molar-refractivity contribution in [3.8, 4) is 5.75 Å². The fourth-order valence-corrected chi connectivity index (χ4v) is 4.37. The number of ether oxygens (including phenoxy) is 1. The van der Waals surface area contributed by atoms with Crippen LogP contribution in [0.15, 0.2) is 66.7 Å². The van der Waals surface area contributed by atoms with Gasteiger partial charge in [0.1, 0.15) is 17.4 Å². The molecule has 1 aliphatic rings. The summed E-state index contributed by atoms with van der Waals surface area (Å²) in [6, 6.07) is 17.6. The van der Waals surface area contributed by atoms with E-state index in [0.29, 0.717) is 18.7 Å². The summed E-state index contributed by atoms with van der Waals surface area (Å²) >= 11 is 0. The van der Waals surface area contributed by atoms with Crippen LogP contribution in [0.4, 0.5) is 19.3 Å². The highest BCUT2D eigenvalue weighted by Crippen LogP contribution is 2.39. The summed E-state index contributed by atoms with van der Waals surface area (Å²) in [5.41, 5.74) is 3.76. The lowest BCUT2D eigenvalue weighted by Gasteiger charge is -2.36. The third-order valence-electron chi connectivity index (χ3n) is 5.90. The van der Waals surface area contributed by atoms with Gasteiger partial charge >= 0.3 is 6.03 Å². The Labute approximate surface area is 183 Å². The van der Waals surface area contributed by atoms with Crippen LogP contribution >= 0.6 is 0 Å². The zero-order valence-electron chi connectivity index (χ0n) is 17.4. The van der Waals surface area contributed by atoms with Crippen LogP contribution in [-0.2, 0) is 6.42 Å². The number of hydrogen-bond acceptors (Lipinski definition) is 2. The molecule has 0 radical (unpaired) electrons. The highest BCUT2D eigenvalue weighted by molar-refractivity contribution is 5.91. The van der Waals surface area contributed by atoms with E-state index in [4.69, 9.17) is 4.74 Å². The summed E-state index contributed by atoms with van der Waals surface area (Å²) in [5, 5.41) is 3.66. The Bertz CT molecular complexity index is 1300. The standard InChI is InChI=1S/C25H21F2N3O2/c1-32-17-9-6-15(7-10-17)24-23-19(18-4-2-3-5-21(18)28-23)12-13-30(24)25(31)29-22-14-16(26)8-11-20(22)27/h2-11,14,24,28H,12-13H2,1H3,(H,29,31)/t24-/m0/s1. The van der Waals surface area contributed by atoms with Crippen molar-refractivity contribution in [1.29, 1.82) is 0 Å². The quantitative estimate of drug-likeness (QED) is 0.440. The molecule has 5 nitrogen and oxygen atoms in total. The lowest BCUT2D eigenvalue weighted by atomic mass is 9.92. The molecule has 2 N–H and O–H groups in total. The Kier molecular flexibility index (Phi) is 5.01. The Morgan fingerprint density at radius 1 is 1.09 bits per heavy atom. The predicted molar refractivity (Wildman–Crippen MR) is 119 cm³/mol. The minimum Gasteiger partial charge on any atom is -0.497 e. The van der Waals surface area contributed by atoms with Gasteiger partial charge in [-0.2, -0.15) is 0 Å². The number of urea groups is 1. The molecule has 0 aliphatic carbocycles. The summed E-state index contributed by atoms with van der Waals surface area (Å²) in [4.78, 5) is 18.4. The Hall–Kier alpha value is -3.87. The molecule has 0 fully saturated rings. The first-order valence-electron chi connectivity index (χ1n) is 10.3. The van der Waals surface area contributed by atoms with Crippen molar-refractivity contribution in [2.45, 2.75) is 12.5 Å². The molecule has 1 atom stereocenters. The topological polar surface area (TPSA) is 57.4 Å². The second kappa shape index (κ2) is 8.00. The van der Waals surface area contributed by atoms with Crippen LogP contribution in [-0.4, -0.2) is 29.6 Å². The second-order valence-corrected chi connectivity index (χ2v) is 7.74. The number of carbonyl (C=O) groups excluding carboxylic acids is 1. The highest BCUT2D eigenvalue weighted by Gasteiger charge is 2.34. The van der Waals surface area contributed by atoms with Gasteiger partial charge in [-0.25, -0.2) is 13.6 Å². The smallest absolute Gasteiger partial charge is 0.322 e. The average molecular weight is 433 g/mol. The fraction of sp³-hybridized carbons (Fsp3) is 0.160. The number of halogens is 2. The number of aromatic nitrogens is 1. The fourth-order valence-electron chi connectivity index (χ4n) is 4.37. The largest absolute Gasteiger partial charge is 0.497 e. The molecule has 2 amide bonds. The van der Waals surface area contributed by atoms with Crippen molar-refractivity contribution in [1.82, 2.24) is 9.88 Å². The number of fused-ring (bicyclic) bond motifs is 3. The van der Waals surface area contributed by atoms with Gasteiger partial charge in [-0.3, -0.25) is 0 Å². The lowest BCUT2D eigenvalue weighted by Crippen LogP contribution is -2.43. The minimum absolute atomic E-state index is 0.189. The molecule has 32 heavy (non-hydrogen) atoms. The Morgan fingerprint density at radius 3 is 2.66 bits per heavy atom. The molecule has 0 bridgehead atoms. The van der Waals surface area contributed by atoms with E-state index in [9.17, 15) is 13.6 Å². The molecule has 162 valence electrons. The number of nitrogens with one attached hydrogen (secondary N) is 2. The maximum Gasteiger partial charge on any atom is 0.322 e. The van der Waals surface area contributed by atoms with Crippen LogP contribution in [0, 0.1) is 11.6 Å². The van der Waals surface area contributed by atoms with Gasteiger partial charge in [0.25, 0.3) is 0 Å². The van der Waals surface area contributed by atoms with Gasteiger partial charge < -0.3 is 19.9 Å². The monoisotopic (exact) mass is 433 g/mol. The first kappa shape index (κ1) is 20.1. The summed E-state index contributed by atoms with van der Waals surface area (Å²) < 4.78 is 33.1. The number of benzene rings is 3. The molecular weight excluding hydrogens is 412 g/mol. The van der Waals surface area contributed by atoms with Crippen molar-refractivity contribution in [2.24, 2.45) is 0 Å². The molecular formula is C25H21F2N3O2. The molecule has 4 aromatic rings. The van der Waals surface area contributed by atoms with E-state index in [0.717, 1.165) is 45.9 Å². The van der Waals surface area contributed by atoms with Gasteiger partial charge in [0.2, 0.25) is 0 Å². The third kappa shape index (κ3) is 3.45. The zero-order valence-corrected chi connectivity index (χ0v) is 17.4. The van der Waals surface area contributed by atoms with Gasteiger partial charge in [0.15, 0.2) is 0 Å². The molecule has 3 aromatic carbocycles. The number of rotatable bonds is 3. The van der Waals surface area contributed by atoms with E-state index in [1.807, 2.05) is 42.5 Å². The van der Waals surface area contributed by atoms with E-state index < -0.39 is 23.7 Å². The number of H-pyrrole nitrogens is 1. The van der Waals surface area contributed by atoms with Crippen molar-refractivity contribution < 1.29 is 18.3 Å². The molecule has 5 rings (SSSR count). The lowest BCUT2D eigenvalue weighted by molar-refractivity contribution is 0.193. The van der Waals surface area contributed by atoms with Gasteiger partial charge in [0.05, 0.1) is 18.8 Å². The molecule has 7 heteroatoms. The summed E-state index contributed by atoms with van der Waals surface area (Å²) in [6.07, 6.45) is 0.644. The zero-order chi connectivity index (χ0) is 22.2. The van der Waals surface area contributed by atoms with Crippen molar-refractivity contribution in [3.05, 3.63) is 95.2 Å². The second-order valence-electron chi connectivity index (χ2n) is 7.74. The number of carbonyl (C=O) groups is 1. The molecule has 2 heterocycles. The summed E-state index contributed by atoms with van der Waals surface area (Å²) in [5.74, 6) is -0.603. The van der Waals surface area contributed by atoms with Crippen LogP contribution in [0.2, 0.25) is 0 Å². The molecule has 0 unspecified atom stereocenters. The Morgan fingerprint density at radius 2 is 1.88 bits per heavy atom.